The smallest absolute Gasteiger partial charge is 0.104 e. The Morgan fingerprint density at radius 3 is 2.58 bits per heavy atom. The van der Waals surface area contributed by atoms with Crippen LogP contribution >= 0.6 is 0 Å². The van der Waals surface area contributed by atoms with Crippen molar-refractivity contribution in [3.8, 4) is 28.5 Å². The molecule has 4 heterocycles. The van der Waals surface area contributed by atoms with Crippen molar-refractivity contribution in [2.24, 2.45) is 5.92 Å². The number of nitrogens with zero attached hydrogens (tertiary/aromatic N) is 4. The maximum atomic E-state index is 5.94. The van der Waals surface area contributed by atoms with E-state index < -0.39 is 0 Å². The zero-order valence-corrected chi connectivity index (χ0v) is 23.6. The first-order valence-electron chi connectivity index (χ1n) is 12.5. The Morgan fingerprint density at radius 2 is 1.76 bits per heavy atom. The Balaban J connectivity index is 0.000000161. The predicted octanol–water partition coefficient (Wildman–Crippen LogP) is 7.04. The summed E-state index contributed by atoms with van der Waals surface area (Å²) in [6, 6.07) is 31.4. The van der Waals surface area contributed by atoms with Crippen LogP contribution < -0.4 is 9.72 Å². The molecular weight excluding hydrogens is 649 g/mol. The van der Waals surface area contributed by atoms with Gasteiger partial charge >= 0.3 is 0 Å². The van der Waals surface area contributed by atoms with Crippen molar-refractivity contribution >= 4 is 21.9 Å². The van der Waals surface area contributed by atoms with Crippen molar-refractivity contribution in [2.75, 3.05) is 0 Å². The SMILES string of the molecule is CC(C)Cc1cccc2nc3c(cc12)OCc1ccc[c-]c1-3.[Ir].c1ccc(-c2nc3ccccc3[n-]2)nc1. The molecule has 0 bridgehead atoms. The third kappa shape index (κ3) is 5.24. The normalized spacial score (nSPS) is 11.7. The van der Waals surface area contributed by atoms with Crippen molar-refractivity contribution in [1.82, 2.24) is 19.9 Å². The van der Waals surface area contributed by atoms with Crippen molar-refractivity contribution in [3.63, 3.8) is 0 Å². The summed E-state index contributed by atoms with van der Waals surface area (Å²) in [5, 5.41) is 1.20. The molecule has 0 amide bonds. The molecule has 38 heavy (non-hydrogen) atoms. The van der Waals surface area contributed by atoms with Crippen LogP contribution in [0.2, 0.25) is 0 Å². The van der Waals surface area contributed by atoms with Crippen LogP contribution in [0.3, 0.4) is 0 Å². The first-order valence-corrected chi connectivity index (χ1v) is 12.5. The van der Waals surface area contributed by atoms with Gasteiger partial charge in [-0.05, 0) is 59.0 Å². The first kappa shape index (κ1) is 25.8. The first-order chi connectivity index (χ1) is 18.2. The standard InChI is InChI=1S/C20H18NO.C12H8N3.Ir/c1-13(2)10-14-7-5-9-18-17(14)11-19-20(21-18)16-8-4-3-6-15(16)12-22-19;1-2-6-10-9(5-1)14-12(15-10)11-7-3-4-8-13-11;/h3-7,9,11,13H,10,12H2,1-2H3;1-8H;/q2*-1;. The molecule has 3 aromatic carbocycles. The molecule has 5 nitrogen and oxygen atoms in total. The third-order valence-electron chi connectivity index (χ3n) is 6.33. The van der Waals surface area contributed by atoms with E-state index in [1.165, 1.54) is 10.9 Å². The third-order valence-corrected chi connectivity index (χ3v) is 6.33. The van der Waals surface area contributed by atoms with Crippen LogP contribution in [0.25, 0.3) is 44.7 Å². The number of hydrogen-bond donors (Lipinski definition) is 0. The minimum absolute atomic E-state index is 0. The molecule has 1 radical (unpaired) electrons. The predicted molar refractivity (Wildman–Crippen MR) is 147 cm³/mol. The molecule has 0 unspecified atom stereocenters. The summed E-state index contributed by atoms with van der Waals surface area (Å²) in [6.45, 7) is 5.08. The van der Waals surface area contributed by atoms with E-state index in [-0.39, 0.29) is 20.1 Å². The van der Waals surface area contributed by atoms with Crippen LogP contribution in [0.15, 0.2) is 91.1 Å². The molecule has 0 fully saturated rings. The fourth-order valence-electron chi connectivity index (χ4n) is 4.63. The van der Waals surface area contributed by atoms with Crippen LogP contribution in [-0.4, -0.2) is 15.0 Å². The van der Waals surface area contributed by atoms with Gasteiger partial charge in [0.25, 0.3) is 0 Å². The number of rotatable bonds is 3. The number of fused-ring (bicyclic) bond motifs is 5. The molecular formula is C32H26IrN4O-2. The molecule has 6 aromatic rings. The zero-order chi connectivity index (χ0) is 25.2. The van der Waals surface area contributed by atoms with Gasteiger partial charge in [-0.25, -0.2) is 0 Å². The van der Waals surface area contributed by atoms with Gasteiger partial charge in [0, 0.05) is 37.4 Å². The van der Waals surface area contributed by atoms with E-state index in [1.54, 1.807) is 6.20 Å². The molecule has 0 spiro atoms. The molecule has 6 heteroatoms. The molecule has 1 aliphatic rings. The van der Waals surface area contributed by atoms with Gasteiger partial charge in [0.05, 0.1) is 17.8 Å². The van der Waals surface area contributed by atoms with E-state index in [9.17, 15) is 0 Å². The average molecular weight is 675 g/mol. The molecule has 191 valence electrons. The molecule has 0 saturated heterocycles. The van der Waals surface area contributed by atoms with Crippen molar-refractivity contribution in [2.45, 2.75) is 26.9 Å². The Bertz CT molecular complexity index is 1660. The van der Waals surface area contributed by atoms with E-state index in [1.807, 2.05) is 54.6 Å². The van der Waals surface area contributed by atoms with Gasteiger partial charge in [0.15, 0.2) is 0 Å². The van der Waals surface area contributed by atoms with E-state index in [4.69, 9.17) is 9.72 Å². The van der Waals surface area contributed by atoms with Gasteiger partial charge in [-0.15, -0.1) is 29.8 Å². The minimum atomic E-state index is 0. The molecule has 3 aromatic heterocycles. The van der Waals surface area contributed by atoms with Gasteiger partial charge in [-0.1, -0.05) is 61.9 Å². The Kier molecular flexibility index (Phi) is 7.64. The summed E-state index contributed by atoms with van der Waals surface area (Å²) in [5.41, 5.74) is 8.15. The fraction of sp³-hybridized carbons (Fsp3) is 0.156. The minimum Gasteiger partial charge on any atom is -0.506 e. The van der Waals surface area contributed by atoms with Crippen LogP contribution in [-0.2, 0) is 33.1 Å². The second kappa shape index (κ2) is 11.3. The van der Waals surface area contributed by atoms with Gasteiger partial charge in [-0.2, -0.15) is 0 Å². The van der Waals surface area contributed by atoms with Crippen molar-refractivity contribution < 1.29 is 24.8 Å². The molecule has 1 aliphatic heterocycles. The van der Waals surface area contributed by atoms with Crippen LogP contribution in [0.5, 0.6) is 5.75 Å². The Labute approximate surface area is 235 Å². The summed E-state index contributed by atoms with van der Waals surface area (Å²) in [5.74, 6) is 2.19. The van der Waals surface area contributed by atoms with Crippen LogP contribution in [0.4, 0.5) is 0 Å². The number of pyridine rings is 2. The van der Waals surface area contributed by atoms with E-state index in [0.29, 0.717) is 18.3 Å². The van der Waals surface area contributed by atoms with E-state index in [2.05, 4.69) is 65.2 Å². The summed E-state index contributed by atoms with van der Waals surface area (Å²) >= 11 is 0. The van der Waals surface area contributed by atoms with Crippen LogP contribution in [0.1, 0.15) is 25.0 Å². The Morgan fingerprint density at radius 1 is 0.921 bits per heavy atom. The number of aromatic nitrogens is 4. The molecule has 0 N–H and O–H groups in total. The summed E-state index contributed by atoms with van der Waals surface area (Å²) in [7, 11) is 0. The topological polar surface area (TPSA) is 62.0 Å². The number of benzene rings is 3. The number of ether oxygens (including phenoxy) is 1. The average Bonchev–Trinajstić information content (AvgIpc) is 3.37. The summed E-state index contributed by atoms with van der Waals surface area (Å²) in [4.78, 5) is 17.9. The van der Waals surface area contributed by atoms with Crippen LogP contribution in [0, 0.1) is 12.0 Å². The summed E-state index contributed by atoms with van der Waals surface area (Å²) < 4.78 is 5.94. The monoisotopic (exact) mass is 675 g/mol. The molecule has 0 aliphatic carbocycles. The number of para-hydroxylation sites is 2. The van der Waals surface area contributed by atoms with E-state index in [0.717, 1.165) is 51.2 Å². The van der Waals surface area contributed by atoms with Crippen molar-refractivity contribution in [1.29, 1.82) is 0 Å². The van der Waals surface area contributed by atoms with E-state index >= 15 is 0 Å². The quantitative estimate of drug-likeness (QED) is 0.189. The van der Waals surface area contributed by atoms with Gasteiger partial charge < -0.3 is 14.7 Å². The molecule has 7 rings (SSSR count). The molecule has 0 saturated carbocycles. The second-order valence-electron chi connectivity index (χ2n) is 9.53. The second-order valence-corrected chi connectivity index (χ2v) is 9.53. The number of imidazole rings is 1. The maximum Gasteiger partial charge on any atom is 0.104 e. The largest absolute Gasteiger partial charge is 0.506 e. The van der Waals surface area contributed by atoms with Gasteiger partial charge in [-0.3, -0.25) is 9.97 Å². The summed E-state index contributed by atoms with van der Waals surface area (Å²) in [6.07, 6.45) is 2.80. The van der Waals surface area contributed by atoms with Gasteiger partial charge in [0.2, 0.25) is 0 Å². The number of hydrogen-bond acceptors (Lipinski definition) is 4. The molecule has 0 atom stereocenters. The fourth-order valence-corrected chi connectivity index (χ4v) is 4.63. The Hall–Kier alpha value is -3.86. The van der Waals surface area contributed by atoms with Crippen molar-refractivity contribution in [3.05, 3.63) is 108 Å². The zero-order valence-electron chi connectivity index (χ0n) is 21.2. The van der Waals surface area contributed by atoms with Gasteiger partial charge in [0.1, 0.15) is 5.75 Å². The maximum absolute atomic E-state index is 5.94.